The van der Waals surface area contributed by atoms with Crippen molar-refractivity contribution >= 4 is 22.9 Å². The number of benzene rings is 1. The molecular formula is C13H15ClN2S. The van der Waals surface area contributed by atoms with E-state index in [1.54, 1.807) is 11.3 Å². The van der Waals surface area contributed by atoms with Gasteiger partial charge in [0.25, 0.3) is 0 Å². The minimum atomic E-state index is -0.0936. The summed E-state index contributed by atoms with van der Waals surface area (Å²) in [5.74, 6) is 0. The van der Waals surface area contributed by atoms with Crippen LogP contribution in [0.1, 0.15) is 27.9 Å². The van der Waals surface area contributed by atoms with E-state index in [0.717, 1.165) is 33.3 Å². The van der Waals surface area contributed by atoms with Crippen LogP contribution in [0.2, 0.25) is 5.02 Å². The zero-order valence-corrected chi connectivity index (χ0v) is 11.5. The zero-order valence-electron chi connectivity index (χ0n) is 9.90. The van der Waals surface area contributed by atoms with E-state index in [1.165, 1.54) is 0 Å². The van der Waals surface area contributed by atoms with Crippen molar-refractivity contribution in [2.75, 3.05) is 0 Å². The van der Waals surface area contributed by atoms with Crippen molar-refractivity contribution in [1.29, 1.82) is 0 Å². The Kier molecular flexibility index (Phi) is 3.82. The Hall–Kier alpha value is -0.900. The van der Waals surface area contributed by atoms with Gasteiger partial charge in [0, 0.05) is 22.9 Å². The number of thiazole rings is 1. The van der Waals surface area contributed by atoms with Crippen molar-refractivity contribution in [3.8, 4) is 0 Å². The molecule has 90 valence electrons. The summed E-state index contributed by atoms with van der Waals surface area (Å²) in [5, 5.41) is 3.90. The van der Waals surface area contributed by atoms with Crippen LogP contribution in [0.4, 0.5) is 0 Å². The number of aromatic nitrogens is 1. The molecule has 0 aliphatic heterocycles. The highest BCUT2D eigenvalue weighted by molar-refractivity contribution is 7.09. The summed E-state index contributed by atoms with van der Waals surface area (Å²) in [6.45, 7) is 3.99. The van der Waals surface area contributed by atoms with E-state index in [2.05, 4.69) is 10.4 Å². The second-order valence-corrected chi connectivity index (χ2v) is 5.59. The molecule has 1 unspecified atom stereocenters. The van der Waals surface area contributed by atoms with E-state index in [4.69, 9.17) is 17.3 Å². The van der Waals surface area contributed by atoms with Crippen molar-refractivity contribution in [2.24, 2.45) is 5.73 Å². The van der Waals surface area contributed by atoms with E-state index in [0.29, 0.717) is 0 Å². The number of hydrogen-bond acceptors (Lipinski definition) is 3. The van der Waals surface area contributed by atoms with Gasteiger partial charge in [-0.1, -0.05) is 29.8 Å². The first-order valence-electron chi connectivity index (χ1n) is 5.49. The largest absolute Gasteiger partial charge is 0.324 e. The summed E-state index contributed by atoms with van der Waals surface area (Å²) < 4.78 is 0. The lowest BCUT2D eigenvalue weighted by atomic mass is 10.0. The van der Waals surface area contributed by atoms with Crippen molar-refractivity contribution in [1.82, 2.24) is 4.98 Å². The van der Waals surface area contributed by atoms with E-state index < -0.39 is 0 Å². The summed E-state index contributed by atoms with van der Waals surface area (Å²) >= 11 is 7.91. The number of nitrogens with zero attached hydrogens (tertiary/aromatic N) is 1. The third-order valence-electron chi connectivity index (χ3n) is 2.72. The summed E-state index contributed by atoms with van der Waals surface area (Å²) in [6.07, 6.45) is 0.730. The van der Waals surface area contributed by atoms with Crippen LogP contribution in [0.15, 0.2) is 23.6 Å². The first kappa shape index (κ1) is 12.6. The van der Waals surface area contributed by atoms with Crippen molar-refractivity contribution in [3.05, 3.63) is 50.4 Å². The molecule has 0 bridgehead atoms. The van der Waals surface area contributed by atoms with Crippen LogP contribution in [0.25, 0.3) is 0 Å². The molecule has 0 spiro atoms. The highest BCUT2D eigenvalue weighted by Gasteiger charge is 2.13. The smallest absolute Gasteiger partial charge is 0.0897 e. The summed E-state index contributed by atoms with van der Waals surface area (Å²) in [5.41, 5.74) is 9.29. The van der Waals surface area contributed by atoms with Crippen LogP contribution in [-0.4, -0.2) is 4.98 Å². The van der Waals surface area contributed by atoms with Crippen molar-refractivity contribution < 1.29 is 0 Å². The average molecular weight is 267 g/mol. The first-order valence-corrected chi connectivity index (χ1v) is 6.75. The Morgan fingerprint density at radius 3 is 2.82 bits per heavy atom. The second-order valence-electron chi connectivity index (χ2n) is 4.15. The lowest BCUT2D eigenvalue weighted by Gasteiger charge is -2.13. The molecule has 0 saturated carbocycles. The fraction of sp³-hybridized carbons (Fsp3) is 0.308. The zero-order chi connectivity index (χ0) is 12.4. The standard InChI is InChI=1S/C13H15ClN2S/c1-8-4-3-5-11(13(8)14)12(15)6-10-7-17-9(2)16-10/h3-5,7,12H,6,15H2,1-2H3. The molecule has 0 radical (unpaired) electrons. The highest BCUT2D eigenvalue weighted by atomic mass is 35.5. The van der Waals surface area contributed by atoms with Gasteiger partial charge in [0.2, 0.25) is 0 Å². The van der Waals surface area contributed by atoms with Crippen LogP contribution >= 0.6 is 22.9 Å². The maximum absolute atomic E-state index is 6.26. The van der Waals surface area contributed by atoms with Gasteiger partial charge in [-0.05, 0) is 25.0 Å². The maximum Gasteiger partial charge on any atom is 0.0897 e. The van der Waals surface area contributed by atoms with Gasteiger partial charge < -0.3 is 5.73 Å². The van der Waals surface area contributed by atoms with Crippen LogP contribution in [-0.2, 0) is 6.42 Å². The molecule has 2 N–H and O–H groups in total. The molecule has 2 rings (SSSR count). The van der Waals surface area contributed by atoms with Gasteiger partial charge in [-0.25, -0.2) is 4.98 Å². The fourth-order valence-corrected chi connectivity index (χ4v) is 2.69. The molecule has 2 aromatic rings. The number of halogens is 1. The Morgan fingerprint density at radius 1 is 1.41 bits per heavy atom. The van der Waals surface area contributed by atoms with Gasteiger partial charge in [0.05, 0.1) is 10.7 Å². The molecule has 0 amide bonds. The van der Waals surface area contributed by atoms with Crippen molar-refractivity contribution in [3.63, 3.8) is 0 Å². The Bertz CT molecular complexity index is 522. The van der Waals surface area contributed by atoms with Gasteiger partial charge in [-0.15, -0.1) is 11.3 Å². The Balaban J connectivity index is 2.20. The molecule has 0 saturated heterocycles. The second kappa shape index (κ2) is 5.17. The van der Waals surface area contributed by atoms with Crippen LogP contribution in [0.3, 0.4) is 0 Å². The summed E-state index contributed by atoms with van der Waals surface area (Å²) in [4.78, 5) is 4.42. The molecule has 1 aromatic heterocycles. The SMILES string of the molecule is Cc1nc(CC(N)c2cccc(C)c2Cl)cs1. The van der Waals surface area contributed by atoms with E-state index >= 15 is 0 Å². The normalized spacial score (nSPS) is 12.7. The quantitative estimate of drug-likeness (QED) is 0.921. The van der Waals surface area contributed by atoms with Crippen molar-refractivity contribution in [2.45, 2.75) is 26.3 Å². The Morgan fingerprint density at radius 2 is 2.18 bits per heavy atom. The minimum absolute atomic E-state index is 0.0936. The molecule has 17 heavy (non-hydrogen) atoms. The highest BCUT2D eigenvalue weighted by Crippen LogP contribution is 2.27. The fourth-order valence-electron chi connectivity index (χ4n) is 1.79. The van der Waals surface area contributed by atoms with Gasteiger partial charge in [-0.2, -0.15) is 0 Å². The van der Waals surface area contributed by atoms with E-state index in [-0.39, 0.29) is 6.04 Å². The summed E-state index contributed by atoms with van der Waals surface area (Å²) in [7, 11) is 0. The topological polar surface area (TPSA) is 38.9 Å². The molecule has 0 fully saturated rings. The predicted molar refractivity (Wildman–Crippen MR) is 73.7 cm³/mol. The minimum Gasteiger partial charge on any atom is -0.324 e. The number of hydrogen-bond donors (Lipinski definition) is 1. The first-order chi connectivity index (χ1) is 8.08. The lowest BCUT2D eigenvalue weighted by molar-refractivity contribution is 0.708. The molecule has 0 aliphatic rings. The summed E-state index contributed by atoms with van der Waals surface area (Å²) in [6, 6.07) is 5.87. The Labute approximate surface area is 110 Å². The van der Waals surface area contributed by atoms with Crippen LogP contribution in [0.5, 0.6) is 0 Å². The molecular weight excluding hydrogens is 252 g/mol. The average Bonchev–Trinajstić information content (AvgIpc) is 2.68. The number of nitrogens with two attached hydrogens (primary N) is 1. The number of rotatable bonds is 3. The molecule has 0 aliphatic carbocycles. The van der Waals surface area contributed by atoms with Gasteiger partial charge in [0.15, 0.2) is 0 Å². The monoisotopic (exact) mass is 266 g/mol. The van der Waals surface area contributed by atoms with Crippen LogP contribution in [0, 0.1) is 13.8 Å². The third kappa shape index (κ3) is 2.86. The van der Waals surface area contributed by atoms with Gasteiger partial charge >= 0.3 is 0 Å². The third-order valence-corrected chi connectivity index (χ3v) is 4.06. The number of aryl methyl sites for hydroxylation is 2. The van der Waals surface area contributed by atoms with Gasteiger partial charge in [0.1, 0.15) is 0 Å². The van der Waals surface area contributed by atoms with Gasteiger partial charge in [-0.3, -0.25) is 0 Å². The molecule has 1 aromatic carbocycles. The van der Waals surface area contributed by atoms with E-state index in [1.807, 2.05) is 32.0 Å². The molecule has 2 nitrogen and oxygen atoms in total. The van der Waals surface area contributed by atoms with Crippen LogP contribution < -0.4 is 5.73 Å². The predicted octanol–water partition coefficient (Wildman–Crippen LogP) is 3.66. The van der Waals surface area contributed by atoms with E-state index in [9.17, 15) is 0 Å². The molecule has 4 heteroatoms. The lowest BCUT2D eigenvalue weighted by Crippen LogP contribution is -2.14. The molecule has 1 heterocycles. The molecule has 1 atom stereocenters. The maximum atomic E-state index is 6.26.